The van der Waals surface area contributed by atoms with Crippen LogP contribution in [0.15, 0.2) is 22.8 Å². The molecule has 0 aromatic carbocycles. The van der Waals surface area contributed by atoms with E-state index < -0.39 is 0 Å². The van der Waals surface area contributed by atoms with Gasteiger partial charge in [0.1, 0.15) is 11.6 Å². The van der Waals surface area contributed by atoms with Gasteiger partial charge in [-0.15, -0.1) is 0 Å². The highest BCUT2D eigenvalue weighted by Crippen LogP contribution is 2.72. The van der Waals surface area contributed by atoms with Gasteiger partial charge in [-0.05, 0) is 86.9 Å². The number of carbonyl (C=O) groups is 2. The van der Waals surface area contributed by atoms with E-state index in [-0.39, 0.29) is 27.6 Å². The Balaban J connectivity index is 1.68. The van der Waals surface area contributed by atoms with E-state index in [1.165, 1.54) is 31.3 Å². The van der Waals surface area contributed by atoms with E-state index in [1.807, 2.05) is 0 Å². The van der Waals surface area contributed by atoms with Gasteiger partial charge >= 0.3 is 0 Å². The molecule has 6 atom stereocenters. The molecule has 0 heterocycles. The summed E-state index contributed by atoms with van der Waals surface area (Å²) in [6, 6.07) is 0. The van der Waals surface area contributed by atoms with Gasteiger partial charge in [-0.25, -0.2) is 0 Å². The van der Waals surface area contributed by atoms with Crippen molar-refractivity contribution in [3.63, 3.8) is 0 Å². The summed E-state index contributed by atoms with van der Waals surface area (Å²) in [5, 5.41) is 0. The summed E-state index contributed by atoms with van der Waals surface area (Å²) >= 11 is 0. The zero-order valence-electron chi connectivity index (χ0n) is 22.0. The maximum atomic E-state index is 13.1. The first-order valence-corrected chi connectivity index (χ1v) is 13.2. The van der Waals surface area contributed by atoms with Crippen molar-refractivity contribution < 1.29 is 9.59 Å². The third-order valence-electron chi connectivity index (χ3n) is 11.4. The Labute approximate surface area is 196 Å². The molecule has 0 spiro atoms. The molecule has 32 heavy (non-hydrogen) atoms. The van der Waals surface area contributed by atoms with Crippen molar-refractivity contribution in [1.29, 1.82) is 0 Å². The topological polar surface area (TPSA) is 34.1 Å². The van der Waals surface area contributed by atoms with Gasteiger partial charge in [0.25, 0.3) is 0 Å². The van der Waals surface area contributed by atoms with Crippen LogP contribution in [-0.4, -0.2) is 11.6 Å². The van der Waals surface area contributed by atoms with E-state index in [9.17, 15) is 9.59 Å². The Morgan fingerprint density at radius 3 is 2.31 bits per heavy atom. The molecule has 4 rings (SSSR count). The molecule has 0 unspecified atom stereocenters. The van der Waals surface area contributed by atoms with Gasteiger partial charge in [-0.2, -0.15) is 0 Å². The van der Waals surface area contributed by atoms with Gasteiger partial charge in [0.05, 0.1) is 0 Å². The molecule has 178 valence electrons. The van der Waals surface area contributed by atoms with Crippen LogP contribution in [0.1, 0.15) is 113 Å². The van der Waals surface area contributed by atoms with Crippen LogP contribution < -0.4 is 0 Å². The van der Waals surface area contributed by atoms with Gasteiger partial charge in [-0.3, -0.25) is 9.59 Å². The molecule has 2 fully saturated rings. The zero-order valence-corrected chi connectivity index (χ0v) is 22.0. The molecule has 0 aromatic rings. The minimum atomic E-state index is -0.197. The fourth-order valence-electron chi connectivity index (χ4n) is 9.05. The molecule has 0 bridgehead atoms. The summed E-state index contributed by atoms with van der Waals surface area (Å²) in [6.07, 6.45) is 11.5. The van der Waals surface area contributed by atoms with E-state index in [0.29, 0.717) is 29.8 Å². The Morgan fingerprint density at radius 1 is 0.969 bits per heavy atom. The molecule has 4 aliphatic rings. The number of carbonyl (C=O) groups excluding carboxylic acids is 2. The SMILES string of the molecule is CC(C)=CCC(=O)[C@H](C)[C@@H]1CC[C@]2(C)C3=C(CC[C@]12C)[C@]1(C)CCC(=O)C(C)(C)[C@@H]1CC3. The first-order chi connectivity index (χ1) is 14.8. The molecule has 0 aliphatic heterocycles. The highest BCUT2D eigenvalue weighted by atomic mass is 16.1. The van der Waals surface area contributed by atoms with Gasteiger partial charge in [0, 0.05) is 24.2 Å². The predicted molar refractivity (Wildman–Crippen MR) is 132 cm³/mol. The number of hydrogen-bond donors (Lipinski definition) is 0. The van der Waals surface area contributed by atoms with E-state index >= 15 is 0 Å². The Morgan fingerprint density at radius 2 is 1.66 bits per heavy atom. The lowest BCUT2D eigenvalue weighted by Crippen LogP contribution is -2.54. The van der Waals surface area contributed by atoms with E-state index in [4.69, 9.17) is 0 Å². The first-order valence-electron chi connectivity index (χ1n) is 13.2. The van der Waals surface area contributed by atoms with Gasteiger partial charge in [0.2, 0.25) is 0 Å². The van der Waals surface area contributed by atoms with Crippen LogP contribution in [0.25, 0.3) is 0 Å². The lowest BCUT2D eigenvalue weighted by molar-refractivity contribution is -0.139. The molecule has 0 amide bonds. The average Bonchev–Trinajstić information content (AvgIpc) is 3.00. The van der Waals surface area contributed by atoms with Crippen LogP contribution in [-0.2, 0) is 9.59 Å². The van der Waals surface area contributed by atoms with Crippen molar-refractivity contribution >= 4 is 11.6 Å². The molecular formula is C30H46O2. The summed E-state index contributed by atoms with van der Waals surface area (Å²) in [4.78, 5) is 25.9. The number of ketones is 2. The average molecular weight is 439 g/mol. The minimum Gasteiger partial charge on any atom is -0.299 e. The number of hydrogen-bond acceptors (Lipinski definition) is 2. The molecule has 2 saturated carbocycles. The molecular weight excluding hydrogens is 392 g/mol. The largest absolute Gasteiger partial charge is 0.299 e. The van der Waals surface area contributed by atoms with Crippen LogP contribution >= 0.6 is 0 Å². The Hall–Kier alpha value is -1.18. The predicted octanol–water partition coefficient (Wildman–Crippen LogP) is 7.87. The summed E-state index contributed by atoms with van der Waals surface area (Å²) in [7, 11) is 0. The molecule has 0 N–H and O–H groups in total. The normalized spacial score (nSPS) is 41.4. The highest BCUT2D eigenvalue weighted by molar-refractivity contribution is 5.86. The second kappa shape index (κ2) is 7.67. The summed E-state index contributed by atoms with van der Waals surface area (Å²) < 4.78 is 0. The van der Waals surface area contributed by atoms with E-state index in [1.54, 1.807) is 11.1 Å². The summed E-state index contributed by atoms with van der Waals surface area (Å²) in [6.45, 7) is 18.3. The molecule has 4 aliphatic carbocycles. The first kappa shape index (κ1) is 24.0. The van der Waals surface area contributed by atoms with Crippen LogP contribution in [0.4, 0.5) is 0 Å². The Bertz CT molecular complexity index is 885. The number of allylic oxidation sites excluding steroid dienone is 4. The molecule has 2 nitrogen and oxygen atoms in total. The molecule has 2 heteroatoms. The van der Waals surface area contributed by atoms with Crippen LogP contribution in [0.2, 0.25) is 0 Å². The zero-order chi connectivity index (χ0) is 23.7. The van der Waals surface area contributed by atoms with E-state index in [2.05, 4.69) is 61.5 Å². The van der Waals surface area contributed by atoms with Crippen LogP contribution in [0.5, 0.6) is 0 Å². The standard InChI is InChI=1S/C30H46O2/c1-19(2)9-11-24(31)20(3)21-13-17-30(8)23-10-12-25-27(4,5)26(32)15-16-28(25,6)22(23)14-18-29(21,30)7/h9,20-21,25H,10-18H2,1-8H3/t20-,21+,25+,28+,29-,30-/m1/s1. The van der Waals surface area contributed by atoms with Crippen molar-refractivity contribution in [2.45, 2.75) is 113 Å². The summed E-state index contributed by atoms with van der Waals surface area (Å²) in [5.74, 6) is 1.99. The highest BCUT2D eigenvalue weighted by Gasteiger charge is 2.63. The molecule has 0 saturated heterocycles. The van der Waals surface area contributed by atoms with Crippen molar-refractivity contribution in [1.82, 2.24) is 0 Å². The van der Waals surface area contributed by atoms with Crippen LogP contribution in [0, 0.1) is 39.4 Å². The molecule has 0 radical (unpaired) electrons. The second-order valence-electron chi connectivity index (χ2n) is 13.2. The van der Waals surface area contributed by atoms with Crippen molar-refractivity contribution in [2.75, 3.05) is 0 Å². The fourth-order valence-corrected chi connectivity index (χ4v) is 9.05. The third-order valence-corrected chi connectivity index (χ3v) is 11.4. The minimum absolute atomic E-state index is 0.137. The van der Waals surface area contributed by atoms with Crippen molar-refractivity contribution in [3.05, 3.63) is 22.8 Å². The van der Waals surface area contributed by atoms with Gasteiger partial charge in [0.15, 0.2) is 0 Å². The fraction of sp³-hybridized carbons (Fsp3) is 0.800. The number of fused-ring (bicyclic) bond motifs is 4. The van der Waals surface area contributed by atoms with Crippen molar-refractivity contribution in [3.8, 4) is 0 Å². The maximum Gasteiger partial charge on any atom is 0.139 e. The monoisotopic (exact) mass is 438 g/mol. The smallest absolute Gasteiger partial charge is 0.139 e. The van der Waals surface area contributed by atoms with Crippen LogP contribution in [0.3, 0.4) is 0 Å². The number of Topliss-reactive ketones (excluding diaryl/α,β-unsaturated/α-hetero) is 2. The molecule has 0 aromatic heterocycles. The van der Waals surface area contributed by atoms with Gasteiger partial charge in [-0.1, -0.05) is 64.3 Å². The third kappa shape index (κ3) is 3.17. The second-order valence-corrected chi connectivity index (χ2v) is 13.2. The lowest BCUT2D eigenvalue weighted by atomic mass is 9.43. The van der Waals surface area contributed by atoms with E-state index in [0.717, 1.165) is 25.7 Å². The van der Waals surface area contributed by atoms with Gasteiger partial charge < -0.3 is 0 Å². The quantitative estimate of drug-likeness (QED) is 0.418. The lowest BCUT2D eigenvalue weighted by Gasteiger charge is -2.60. The van der Waals surface area contributed by atoms with Crippen molar-refractivity contribution in [2.24, 2.45) is 39.4 Å². The summed E-state index contributed by atoms with van der Waals surface area (Å²) in [5.41, 5.74) is 5.08. The number of rotatable bonds is 4. The maximum absolute atomic E-state index is 13.1. The Kier molecular flexibility index (Phi) is 5.74.